The van der Waals surface area contributed by atoms with Crippen LogP contribution in [0.1, 0.15) is 53.6 Å². The van der Waals surface area contributed by atoms with Crippen molar-refractivity contribution in [1.82, 2.24) is 0 Å². The number of halogens is 1. The van der Waals surface area contributed by atoms with Gasteiger partial charge in [-0.3, -0.25) is 4.79 Å². The van der Waals surface area contributed by atoms with Crippen LogP contribution >= 0.6 is 0 Å². The van der Waals surface area contributed by atoms with Gasteiger partial charge in [0, 0.05) is 11.5 Å². The Hall–Kier alpha value is -1.96. The van der Waals surface area contributed by atoms with E-state index in [9.17, 15) is 9.18 Å². The van der Waals surface area contributed by atoms with Crippen molar-refractivity contribution >= 4 is 5.78 Å². The highest BCUT2D eigenvalue weighted by Gasteiger charge is 2.45. The smallest absolute Gasteiger partial charge is 0.166 e. The maximum absolute atomic E-state index is 13.8. The van der Waals surface area contributed by atoms with E-state index in [0.717, 1.165) is 12.0 Å². The summed E-state index contributed by atoms with van der Waals surface area (Å²) in [5, 5.41) is 0. The van der Waals surface area contributed by atoms with Crippen LogP contribution in [0.3, 0.4) is 0 Å². The van der Waals surface area contributed by atoms with Gasteiger partial charge >= 0.3 is 0 Å². The van der Waals surface area contributed by atoms with Gasteiger partial charge in [-0.25, -0.2) is 4.39 Å². The second-order valence-corrected chi connectivity index (χ2v) is 6.11. The van der Waals surface area contributed by atoms with E-state index in [0.29, 0.717) is 11.5 Å². The molecule has 2 heteroatoms. The summed E-state index contributed by atoms with van der Waals surface area (Å²) in [7, 11) is 0. The molecule has 0 aliphatic heterocycles. The van der Waals surface area contributed by atoms with Crippen LogP contribution in [0.2, 0.25) is 0 Å². The van der Waals surface area contributed by atoms with Crippen LogP contribution in [0.4, 0.5) is 4.39 Å². The molecule has 1 aliphatic rings. The molecule has 1 fully saturated rings. The van der Waals surface area contributed by atoms with E-state index < -0.39 is 0 Å². The molecular formula is C19H19FO. The van der Waals surface area contributed by atoms with E-state index in [-0.39, 0.29) is 23.4 Å². The van der Waals surface area contributed by atoms with Crippen LogP contribution in [-0.2, 0) is 0 Å². The Morgan fingerprint density at radius 2 is 1.76 bits per heavy atom. The Bertz CT molecular complexity index is 658. The minimum atomic E-state index is -0.201. The first-order chi connectivity index (χ1) is 10.1. The molecule has 1 nitrogen and oxygen atoms in total. The molecule has 0 N–H and O–H groups in total. The first-order valence-corrected chi connectivity index (χ1v) is 7.46. The third-order valence-electron chi connectivity index (χ3n) is 4.29. The van der Waals surface area contributed by atoms with Gasteiger partial charge < -0.3 is 0 Å². The second-order valence-electron chi connectivity index (χ2n) is 6.11. The standard InChI is InChI=1S/C19H19FO/c1-12(2)13-7-9-14(10-8-13)19(21)17-11-16(17)15-5-3-4-6-18(15)20/h3-10,12,16-17H,11H2,1-2H3. The SMILES string of the molecule is CC(C)c1ccc(C(=O)C2CC2c2ccccc2F)cc1. The maximum Gasteiger partial charge on any atom is 0.166 e. The largest absolute Gasteiger partial charge is 0.294 e. The second kappa shape index (κ2) is 5.44. The molecule has 3 rings (SSSR count). The van der Waals surface area contributed by atoms with Crippen LogP contribution < -0.4 is 0 Å². The quantitative estimate of drug-likeness (QED) is 0.726. The molecule has 2 atom stereocenters. The highest BCUT2D eigenvalue weighted by molar-refractivity contribution is 6.00. The summed E-state index contributed by atoms with van der Waals surface area (Å²) in [6.07, 6.45) is 0.756. The summed E-state index contributed by atoms with van der Waals surface area (Å²) in [6.45, 7) is 4.26. The van der Waals surface area contributed by atoms with Crippen molar-refractivity contribution < 1.29 is 9.18 Å². The summed E-state index contributed by atoms with van der Waals surface area (Å²) in [4.78, 5) is 12.5. The van der Waals surface area contributed by atoms with E-state index in [2.05, 4.69) is 13.8 Å². The number of rotatable bonds is 4. The molecule has 108 valence electrons. The minimum absolute atomic E-state index is 0.0449. The van der Waals surface area contributed by atoms with Gasteiger partial charge in [0.25, 0.3) is 0 Å². The lowest BCUT2D eigenvalue weighted by Crippen LogP contribution is -2.04. The van der Waals surface area contributed by atoms with Crippen LogP contribution in [0.15, 0.2) is 48.5 Å². The monoisotopic (exact) mass is 282 g/mol. The molecule has 0 heterocycles. The Balaban J connectivity index is 1.74. The summed E-state index contributed by atoms with van der Waals surface area (Å²) >= 11 is 0. The summed E-state index contributed by atoms with van der Waals surface area (Å²) < 4.78 is 13.8. The Morgan fingerprint density at radius 3 is 2.38 bits per heavy atom. The number of carbonyl (C=O) groups is 1. The molecule has 21 heavy (non-hydrogen) atoms. The number of benzene rings is 2. The topological polar surface area (TPSA) is 17.1 Å². The Morgan fingerprint density at radius 1 is 1.10 bits per heavy atom. The molecule has 0 bridgehead atoms. The minimum Gasteiger partial charge on any atom is -0.294 e. The van der Waals surface area contributed by atoms with Gasteiger partial charge in [-0.05, 0) is 35.4 Å². The van der Waals surface area contributed by atoms with E-state index in [1.54, 1.807) is 12.1 Å². The zero-order chi connectivity index (χ0) is 15.0. The van der Waals surface area contributed by atoms with E-state index in [1.165, 1.54) is 11.6 Å². The maximum atomic E-state index is 13.8. The normalized spacial score (nSPS) is 20.6. The van der Waals surface area contributed by atoms with Crippen LogP contribution in [0.5, 0.6) is 0 Å². The van der Waals surface area contributed by atoms with Crippen molar-refractivity contribution in [1.29, 1.82) is 0 Å². The van der Waals surface area contributed by atoms with Gasteiger partial charge in [0.15, 0.2) is 5.78 Å². The van der Waals surface area contributed by atoms with Crippen molar-refractivity contribution in [2.75, 3.05) is 0 Å². The molecule has 0 amide bonds. The van der Waals surface area contributed by atoms with E-state index in [1.807, 2.05) is 30.3 Å². The molecule has 2 unspecified atom stereocenters. The summed E-state index contributed by atoms with van der Waals surface area (Å²) in [6, 6.07) is 14.6. The van der Waals surface area contributed by atoms with Gasteiger partial charge in [0.1, 0.15) is 5.82 Å². The zero-order valence-corrected chi connectivity index (χ0v) is 12.3. The molecule has 2 aromatic carbocycles. The summed E-state index contributed by atoms with van der Waals surface area (Å²) in [5.74, 6) is 0.378. The molecule has 0 radical (unpaired) electrons. The fourth-order valence-electron chi connectivity index (χ4n) is 2.85. The molecule has 0 aromatic heterocycles. The van der Waals surface area contributed by atoms with Crippen molar-refractivity contribution in [3.8, 4) is 0 Å². The van der Waals surface area contributed by atoms with Crippen molar-refractivity contribution in [2.24, 2.45) is 5.92 Å². The third-order valence-corrected chi connectivity index (χ3v) is 4.29. The number of ketones is 1. The lowest BCUT2D eigenvalue weighted by atomic mass is 9.98. The van der Waals surface area contributed by atoms with Crippen LogP contribution in [0, 0.1) is 11.7 Å². The highest BCUT2D eigenvalue weighted by Crippen LogP contribution is 2.49. The van der Waals surface area contributed by atoms with Crippen LogP contribution in [-0.4, -0.2) is 5.78 Å². The molecule has 0 saturated heterocycles. The predicted molar refractivity (Wildman–Crippen MR) is 82.1 cm³/mol. The average molecular weight is 282 g/mol. The first kappa shape index (κ1) is 14.0. The number of Topliss-reactive ketones (excluding diaryl/α,β-unsaturated/α-hetero) is 1. The van der Waals surface area contributed by atoms with Gasteiger partial charge in [0.05, 0.1) is 0 Å². The molecule has 1 aliphatic carbocycles. The number of carbonyl (C=O) groups excluding carboxylic acids is 1. The lowest BCUT2D eigenvalue weighted by molar-refractivity contribution is 0.0965. The fraction of sp³-hybridized carbons (Fsp3) is 0.316. The Kier molecular flexibility index (Phi) is 3.62. The lowest BCUT2D eigenvalue weighted by Gasteiger charge is -2.06. The molecule has 2 aromatic rings. The highest BCUT2D eigenvalue weighted by atomic mass is 19.1. The molecule has 0 spiro atoms. The van der Waals surface area contributed by atoms with Crippen molar-refractivity contribution in [3.63, 3.8) is 0 Å². The van der Waals surface area contributed by atoms with Crippen molar-refractivity contribution in [2.45, 2.75) is 32.1 Å². The molecular weight excluding hydrogens is 263 g/mol. The van der Waals surface area contributed by atoms with Gasteiger partial charge in [0.2, 0.25) is 0 Å². The number of hydrogen-bond donors (Lipinski definition) is 0. The summed E-state index contributed by atoms with van der Waals surface area (Å²) in [5.41, 5.74) is 2.64. The Labute approximate surface area is 124 Å². The third kappa shape index (κ3) is 2.76. The predicted octanol–water partition coefficient (Wildman–Crippen LogP) is 4.94. The van der Waals surface area contributed by atoms with Crippen molar-refractivity contribution in [3.05, 3.63) is 71.0 Å². The van der Waals surface area contributed by atoms with E-state index >= 15 is 0 Å². The zero-order valence-electron chi connectivity index (χ0n) is 12.3. The average Bonchev–Trinajstić information content (AvgIpc) is 3.27. The van der Waals surface area contributed by atoms with E-state index in [4.69, 9.17) is 0 Å². The molecule has 1 saturated carbocycles. The fourth-order valence-corrected chi connectivity index (χ4v) is 2.85. The first-order valence-electron chi connectivity index (χ1n) is 7.46. The van der Waals surface area contributed by atoms with Gasteiger partial charge in [-0.15, -0.1) is 0 Å². The van der Waals surface area contributed by atoms with Gasteiger partial charge in [-0.1, -0.05) is 56.3 Å². The van der Waals surface area contributed by atoms with Gasteiger partial charge in [-0.2, -0.15) is 0 Å². The van der Waals surface area contributed by atoms with Crippen LogP contribution in [0.25, 0.3) is 0 Å². The number of hydrogen-bond acceptors (Lipinski definition) is 1.